The molecule has 18 heavy (non-hydrogen) atoms. The third-order valence-corrected chi connectivity index (χ3v) is 3.33. The predicted octanol–water partition coefficient (Wildman–Crippen LogP) is 0.130. The van der Waals surface area contributed by atoms with Gasteiger partial charge in [0.15, 0.2) is 0 Å². The molecule has 0 aromatic carbocycles. The molecule has 94 valence electrons. The lowest BCUT2D eigenvalue weighted by atomic mass is 10.1. The maximum Gasteiger partial charge on any atom is 0.324 e. The van der Waals surface area contributed by atoms with Crippen LogP contribution in [0.3, 0.4) is 0 Å². The van der Waals surface area contributed by atoms with Crippen LogP contribution >= 0.6 is 0 Å². The van der Waals surface area contributed by atoms with E-state index >= 15 is 0 Å². The molecule has 0 radical (unpaired) electrons. The zero-order chi connectivity index (χ0) is 12.7. The summed E-state index contributed by atoms with van der Waals surface area (Å²) in [6.45, 7) is 3.44. The first-order valence-electron chi connectivity index (χ1n) is 5.92. The average Bonchev–Trinajstić information content (AvgIpc) is 2.61. The number of hydrogen-bond acceptors (Lipinski definition) is 4. The van der Waals surface area contributed by atoms with Gasteiger partial charge in [0.2, 0.25) is 5.91 Å². The van der Waals surface area contributed by atoms with E-state index in [0.717, 1.165) is 11.4 Å². The van der Waals surface area contributed by atoms with Crippen LogP contribution < -0.4 is 10.2 Å². The number of hydrogen-bond donors (Lipinski definition) is 1. The number of amides is 3. The Morgan fingerprint density at radius 3 is 2.67 bits per heavy atom. The molecule has 2 saturated heterocycles. The van der Waals surface area contributed by atoms with E-state index < -0.39 is 0 Å². The Morgan fingerprint density at radius 1 is 1.33 bits per heavy atom. The minimum atomic E-state index is -0.276. The second-order valence-electron chi connectivity index (χ2n) is 4.68. The second kappa shape index (κ2) is 3.97. The fourth-order valence-electron chi connectivity index (χ4n) is 2.26. The zero-order valence-corrected chi connectivity index (χ0v) is 10.1. The quantitative estimate of drug-likeness (QED) is 0.753. The zero-order valence-electron chi connectivity index (χ0n) is 10.1. The van der Waals surface area contributed by atoms with Gasteiger partial charge >= 0.3 is 6.03 Å². The summed E-state index contributed by atoms with van der Waals surface area (Å²) < 4.78 is 0. The van der Waals surface area contributed by atoms with Gasteiger partial charge in [0.1, 0.15) is 5.82 Å². The highest BCUT2D eigenvalue weighted by molar-refractivity contribution is 6.02. The molecule has 3 rings (SSSR count). The Hall–Kier alpha value is -2.11. The first kappa shape index (κ1) is 11.0. The number of anilines is 1. The van der Waals surface area contributed by atoms with Crippen LogP contribution in [0.2, 0.25) is 0 Å². The van der Waals surface area contributed by atoms with Crippen LogP contribution in [-0.2, 0) is 4.79 Å². The normalized spacial score (nSPS) is 20.1. The van der Waals surface area contributed by atoms with Gasteiger partial charge in [-0.15, -0.1) is 0 Å². The van der Waals surface area contributed by atoms with E-state index in [2.05, 4.69) is 15.2 Å². The van der Waals surface area contributed by atoms with Gasteiger partial charge in [-0.3, -0.25) is 9.69 Å². The molecular formula is C12H14N4O2. The number of pyridine rings is 1. The Balaban J connectivity index is 1.65. The summed E-state index contributed by atoms with van der Waals surface area (Å²) >= 11 is 0. The number of nitrogens with one attached hydrogen (secondary N) is 1. The molecule has 0 bridgehead atoms. The molecule has 1 aromatic heterocycles. The fraction of sp³-hybridized carbons (Fsp3) is 0.417. The summed E-state index contributed by atoms with van der Waals surface area (Å²) in [5.74, 6) is 0.755. The highest BCUT2D eigenvalue weighted by Gasteiger charge is 2.41. The lowest BCUT2D eigenvalue weighted by Crippen LogP contribution is -2.61. The van der Waals surface area contributed by atoms with Gasteiger partial charge in [-0.2, -0.15) is 0 Å². The molecule has 6 heteroatoms. The van der Waals surface area contributed by atoms with Gasteiger partial charge in [0.05, 0.1) is 12.6 Å². The molecule has 2 fully saturated rings. The van der Waals surface area contributed by atoms with E-state index in [4.69, 9.17) is 0 Å². The number of aromatic nitrogens is 1. The third kappa shape index (κ3) is 1.70. The van der Waals surface area contributed by atoms with Crippen molar-refractivity contribution in [2.75, 3.05) is 24.5 Å². The molecule has 0 saturated carbocycles. The van der Waals surface area contributed by atoms with Gasteiger partial charge in [-0.25, -0.2) is 9.78 Å². The third-order valence-electron chi connectivity index (χ3n) is 3.33. The van der Waals surface area contributed by atoms with Crippen molar-refractivity contribution in [2.24, 2.45) is 0 Å². The van der Waals surface area contributed by atoms with Crippen molar-refractivity contribution in [3.8, 4) is 0 Å². The lowest BCUT2D eigenvalue weighted by molar-refractivity contribution is -0.126. The van der Waals surface area contributed by atoms with E-state index in [1.54, 1.807) is 0 Å². The van der Waals surface area contributed by atoms with Crippen molar-refractivity contribution >= 4 is 17.8 Å². The number of carbonyl (C=O) groups is 2. The Morgan fingerprint density at radius 2 is 2.11 bits per heavy atom. The molecule has 3 heterocycles. The number of nitrogens with zero attached hydrogens (tertiary/aromatic N) is 3. The summed E-state index contributed by atoms with van der Waals surface area (Å²) in [7, 11) is 0. The van der Waals surface area contributed by atoms with Gasteiger partial charge in [-0.05, 0) is 18.6 Å². The first-order chi connectivity index (χ1) is 8.65. The van der Waals surface area contributed by atoms with Gasteiger partial charge in [-0.1, -0.05) is 6.07 Å². The number of imide groups is 1. The smallest absolute Gasteiger partial charge is 0.324 e. The largest absolute Gasteiger partial charge is 0.352 e. The maximum absolute atomic E-state index is 11.5. The SMILES string of the molecule is Cc1ccc(N2CC(N3C(=O)CNC3=O)C2)nc1. The number of urea groups is 1. The standard InChI is InChI=1S/C12H14N4O2/c1-8-2-3-10(13-4-8)15-6-9(7-15)16-11(17)5-14-12(16)18/h2-4,9H,5-7H2,1H3,(H,14,18). The van der Waals surface area contributed by atoms with Crippen LogP contribution in [0.15, 0.2) is 18.3 Å². The maximum atomic E-state index is 11.5. The summed E-state index contributed by atoms with van der Waals surface area (Å²) in [6, 6.07) is 3.66. The van der Waals surface area contributed by atoms with E-state index in [-0.39, 0.29) is 24.5 Å². The predicted molar refractivity (Wildman–Crippen MR) is 65.2 cm³/mol. The first-order valence-corrected chi connectivity index (χ1v) is 5.92. The van der Waals surface area contributed by atoms with Crippen LogP contribution in [0.1, 0.15) is 5.56 Å². The lowest BCUT2D eigenvalue weighted by Gasteiger charge is -2.43. The minimum absolute atomic E-state index is 0.0249. The molecule has 0 unspecified atom stereocenters. The molecule has 6 nitrogen and oxygen atoms in total. The molecule has 2 aliphatic rings. The monoisotopic (exact) mass is 246 g/mol. The second-order valence-corrected chi connectivity index (χ2v) is 4.68. The van der Waals surface area contributed by atoms with E-state index in [1.165, 1.54) is 4.90 Å². The Labute approximate surface area is 105 Å². The molecule has 0 aliphatic carbocycles. The summed E-state index contributed by atoms with van der Waals surface area (Å²) in [6.07, 6.45) is 1.82. The van der Waals surface area contributed by atoms with Crippen LogP contribution in [0, 0.1) is 6.92 Å². The van der Waals surface area contributed by atoms with Crippen molar-refractivity contribution in [1.29, 1.82) is 0 Å². The fourth-order valence-corrected chi connectivity index (χ4v) is 2.26. The van der Waals surface area contributed by atoms with E-state index in [9.17, 15) is 9.59 Å². The highest BCUT2D eigenvalue weighted by atomic mass is 16.2. The van der Waals surface area contributed by atoms with Crippen molar-refractivity contribution in [3.05, 3.63) is 23.9 Å². The van der Waals surface area contributed by atoms with Gasteiger partial charge in [0.25, 0.3) is 0 Å². The van der Waals surface area contributed by atoms with Crippen molar-refractivity contribution in [3.63, 3.8) is 0 Å². The summed E-state index contributed by atoms with van der Waals surface area (Å²) in [5, 5.41) is 2.53. The summed E-state index contributed by atoms with van der Waals surface area (Å²) in [4.78, 5) is 30.7. The van der Waals surface area contributed by atoms with Crippen LogP contribution in [0.5, 0.6) is 0 Å². The molecular weight excluding hydrogens is 232 g/mol. The molecule has 0 atom stereocenters. The van der Waals surface area contributed by atoms with E-state index in [1.807, 2.05) is 25.3 Å². The molecule has 1 N–H and O–H groups in total. The minimum Gasteiger partial charge on any atom is -0.352 e. The topological polar surface area (TPSA) is 65.5 Å². The van der Waals surface area contributed by atoms with Crippen molar-refractivity contribution in [2.45, 2.75) is 13.0 Å². The van der Waals surface area contributed by atoms with Gasteiger partial charge < -0.3 is 10.2 Å². The average molecular weight is 246 g/mol. The van der Waals surface area contributed by atoms with Gasteiger partial charge in [0, 0.05) is 19.3 Å². The number of carbonyl (C=O) groups excluding carboxylic acids is 2. The number of rotatable bonds is 2. The molecule has 0 spiro atoms. The van der Waals surface area contributed by atoms with Crippen LogP contribution in [0.4, 0.5) is 10.6 Å². The Kier molecular flexibility index (Phi) is 2.43. The van der Waals surface area contributed by atoms with E-state index in [0.29, 0.717) is 13.1 Å². The van der Waals surface area contributed by atoms with Crippen LogP contribution in [0.25, 0.3) is 0 Å². The van der Waals surface area contributed by atoms with Crippen molar-refractivity contribution < 1.29 is 9.59 Å². The van der Waals surface area contributed by atoms with Crippen molar-refractivity contribution in [1.82, 2.24) is 15.2 Å². The molecule has 3 amide bonds. The molecule has 1 aromatic rings. The number of aryl methyl sites for hydroxylation is 1. The van der Waals surface area contributed by atoms with Crippen LogP contribution in [-0.4, -0.2) is 47.5 Å². The molecule has 2 aliphatic heterocycles. The summed E-state index contributed by atoms with van der Waals surface area (Å²) in [5.41, 5.74) is 1.12. The highest BCUT2D eigenvalue weighted by Crippen LogP contribution is 2.23. The Bertz CT molecular complexity index is 477.